The van der Waals surface area contributed by atoms with Gasteiger partial charge in [-0.3, -0.25) is 9.59 Å². The highest BCUT2D eigenvalue weighted by Gasteiger charge is 2.61. The fraction of sp³-hybridized carbons (Fsp3) is 0.833. The molecule has 1 amide bonds. The molecule has 0 aromatic rings. The van der Waals surface area contributed by atoms with Crippen molar-refractivity contribution < 1.29 is 14.7 Å². The van der Waals surface area contributed by atoms with E-state index >= 15 is 0 Å². The maximum atomic E-state index is 12.1. The molecule has 1 atom stereocenters. The third-order valence-corrected chi connectivity index (χ3v) is 4.45. The van der Waals surface area contributed by atoms with Crippen molar-refractivity contribution >= 4 is 11.9 Å². The lowest BCUT2D eigenvalue weighted by Crippen LogP contribution is -2.43. The molecule has 2 saturated carbocycles. The molecule has 1 N–H and O–H groups in total. The van der Waals surface area contributed by atoms with Crippen LogP contribution in [0.2, 0.25) is 0 Å². The smallest absolute Gasteiger partial charge is 0.316 e. The topological polar surface area (TPSA) is 57.6 Å². The minimum atomic E-state index is -0.934. The second-order valence-corrected chi connectivity index (χ2v) is 5.47. The van der Waals surface area contributed by atoms with Gasteiger partial charge in [-0.15, -0.1) is 0 Å². The number of carboxylic acid groups (broad SMARTS) is 1. The number of hydrogen-bond acceptors (Lipinski definition) is 2. The first-order valence-corrected chi connectivity index (χ1v) is 6.20. The van der Waals surface area contributed by atoms with Gasteiger partial charge < -0.3 is 10.0 Å². The maximum Gasteiger partial charge on any atom is 0.316 e. The Morgan fingerprint density at radius 2 is 1.94 bits per heavy atom. The minimum absolute atomic E-state index is 0.0465. The zero-order chi connectivity index (χ0) is 11.3. The first-order chi connectivity index (χ1) is 7.64. The van der Waals surface area contributed by atoms with E-state index in [-0.39, 0.29) is 11.4 Å². The Balaban J connectivity index is 1.86. The molecule has 0 aromatic carbocycles. The summed E-state index contributed by atoms with van der Waals surface area (Å²) in [6, 6.07) is 0.333. The highest BCUT2D eigenvalue weighted by atomic mass is 16.4. The summed E-state index contributed by atoms with van der Waals surface area (Å²) in [6.45, 7) is 0. The molecule has 16 heavy (non-hydrogen) atoms. The third-order valence-electron chi connectivity index (χ3n) is 4.45. The highest BCUT2D eigenvalue weighted by Crippen LogP contribution is 2.54. The van der Waals surface area contributed by atoms with E-state index < -0.39 is 11.9 Å². The molecule has 3 fully saturated rings. The van der Waals surface area contributed by atoms with E-state index in [9.17, 15) is 9.59 Å². The summed E-state index contributed by atoms with van der Waals surface area (Å²) in [5, 5.41) is 9.06. The quantitative estimate of drug-likeness (QED) is 0.720. The second kappa shape index (κ2) is 3.22. The van der Waals surface area contributed by atoms with Gasteiger partial charge in [0.25, 0.3) is 0 Å². The van der Waals surface area contributed by atoms with E-state index in [2.05, 4.69) is 0 Å². The average molecular weight is 223 g/mol. The molecule has 3 aliphatic rings. The summed E-state index contributed by atoms with van der Waals surface area (Å²) in [4.78, 5) is 25.1. The minimum Gasteiger partial charge on any atom is -0.481 e. The van der Waals surface area contributed by atoms with Gasteiger partial charge in [-0.25, -0.2) is 0 Å². The molecule has 1 heterocycles. The van der Waals surface area contributed by atoms with E-state index in [1.54, 1.807) is 0 Å². The number of amides is 1. The molecule has 3 rings (SSSR count). The lowest BCUT2D eigenvalue weighted by molar-refractivity contribution is -0.148. The monoisotopic (exact) mass is 223 g/mol. The molecule has 2 aliphatic carbocycles. The van der Waals surface area contributed by atoms with Gasteiger partial charge in [0.15, 0.2) is 0 Å². The number of nitrogens with zero attached hydrogens (tertiary/aromatic N) is 1. The lowest BCUT2D eigenvalue weighted by Gasteiger charge is -2.30. The van der Waals surface area contributed by atoms with Crippen LogP contribution in [0.15, 0.2) is 0 Å². The zero-order valence-electron chi connectivity index (χ0n) is 9.32. The van der Waals surface area contributed by atoms with E-state index in [1.165, 1.54) is 12.8 Å². The third kappa shape index (κ3) is 1.28. The number of aliphatic carboxylic acids is 1. The number of rotatable bonds is 2. The van der Waals surface area contributed by atoms with Gasteiger partial charge in [0.05, 0.1) is 0 Å². The fourth-order valence-electron chi connectivity index (χ4n) is 3.48. The molecular formula is C12H17NO3. The summed E-state index contributed by atoms with van der Waals surface area (Å²) >= 11 is 0. The van der Waals surface area contributed by atoms with Crippen LogP contribution in [0, 0.1) is 5.92 Å². The van der Waals surface area contributed by atoms with Gasteiger partial charge in [0, 0.05) is 11.6 Å². The number of carbonyl (C=O) groups is 2. The van der Waals surface area contributed by atoms with Gasteiger partial charge in [-0.05, 0) is 32.1 Å². The zero-order valence-corrected chi connectivity index (χ0v) is 9.32. The first-order valence-electron chi connectivity index (χ1n) is 6.20. The van der Waals surface area contributed by atoms with Gasteiger partial charge in [-0.1, -0.05) is 12.8 Å². The molecule has 1 saturated heterocycles. The van der Waals surface area contributed by atoms with Crippen LogP contribution in [0.5, 0.6) is 0 Å². The number of carboxylic acids is 1. The Bertz CT molecular complexity index is 342. The van der Waals surface area contributed by atoms with Crippen molar-refractivity contribution in [3.63, 3.8) is 0 Å². The molecule has 0 aromatic heterocycles. The molecule has 1 spiro atoms. The van der Waals surface area contributed by atoms with Gasteiger partial charge >= 0.3 is 5.97 Å². The Hall–Kier alpha value is -1.06. The van der Waals surface area contributed by atoms with Crippen LogP contribution in [0.25, 0.3) is 0 Å². The number of hydrogen-bond donors (Lipinski definition) is 1. The predicted octanol–water partition coefficient (Wildman–Crippen LogP) is 1.39. The summed E-state index contributed by atoms with van der Waals surface area (Å²) < 4.78 is 0. The van der Waals surface area contributed by atoms with Crippen molar-refractivity contribution in [3.05, 3.63) is 0 Å². The van der Waals surface area contributed by atoms with Gasteiger partial charge in [-0.2, -0.15) is 0 Å². The molecule has 1 unspecified atom stereocenters. The predicted molar refractivity (Wildman–Crippen MR) is 56.8 cm³/mol. The van der Waals surface area contributed by atoms with Crippen LogP contribution in [-0.2, 0) is 9.59 Å². The molecule has 0 radical (unpaired) electrons. The van der Waals surface area contributed by atoms with Crippen molar-refractivity contribution in [3.8, 4) is 0 Å². The Labute approximate surface area is 94.6 Å². The molecular weight excluding hydrogens is 206 g/mol. The van der Waals surface area contributed by atoms with Gasteiger partial charge in [0.1, 0.15) is 5.92 Å². The average Bonchev–Trinajstić information content (AvgIpc) is 2.69. The van der Waals surface area contributed by atoms with Crippen molar-refractivity contribution in [1.29, 1.82) is 0 Å². The Morgan fingerprint density at radius 1 is 1.31 bits per heavy atom. The molecule has 0 bridgehead atoms. The second-order valence-electron chi connectivity index (χ2n) is 5.47. The lowest BCUT2D eigenvalue weighted by atomic mass is 10.0. The van der Waals surface area contributed by atoms with Crippen LogP contribution in [0.4, 0.5) is 0 Å². The van der Waals surface area contributed by atoms with Gasteiger partial charge in [0.2, 0.25) is 5.91 Å². The van der Waals surface area contributed by atoms with Crippen molar-refractivity contribution in [2.75, 3.05) is 0 Å². The van der Waals surface area contributed by atoms with Crippen molar-refractivity contribution in [1.82, 2.24) is 4.90 Å². The Kier molecular flexibility index (Phi) is 2.03. The highest BCUT2D eigenvalue weighted by molar-refractivity contribution is 5.99. The van der Waals surface area contributed by atoms with E-state index in [0.717, 1.165) is 25.7 Å². The van der Waals surface area contributed by atoms with Crippen molar-refractivity contribution in [2.45, 2.75) is 56.5 Å². The van der Waals surface area contributed by atoms with E-state index in [0.29, 0.717) is 12.5 Å². The standard InChI is InChI=1S/C12H17NO3/c14-10-9(11(15)16)7-12(5-6-12)13(10)8-3-1-2-4-8/h8-9H,1-7H2,(H,15,16). The first kappa shape index (κ1) is 10.1. The SMILES string of the molecule is O=C(O)C1CC2(CC2)N(C2CCCC2)C1=O. The summed E-state index contributed by atoms with van der Waals surface area (Å²) in [5.41, 5.74) is -0.0465. The molecule has 4 nitrogen and oxygen atoms in total. The normalized spacial score (nSPS) is 32.6. The maximum absolute atomic E-state index is 12.1. The summed E-state index contributed by atoms with van der Waals surface area (Å²) in [5.74, 6) is -1.81. The van der Waals surface area contributed by atoms with Crippen LogP contribution >= 0.6 is 0 Å². The largest absolute Gasteiger partial charge is 0.481 e. The van der Waals surface area contributed by atoms with Crippen LogP contribution in [0.1, 0.15) is 44.9 Å². The van der Waals surface area contributed by atoms with Crippen LogP contribution in [-0.4, -0.2) is 33.5 Å². The Morgan fingerprint density at radius 3 is 2.44 bits per heavy atom. The number of carbonyl (C=O) groups excluding carboxylic acids is 1. The number of likely N-dealkylation sites (tertiary alicyclic amines) is 1. The van der Waals surface area contributed by atoms with Crippen LogP contribution in [0.3, 0.4) is 0 Å². The molecule has 88 valence electrons. The summed E-state index contributed by atoms with van der Waals surface area (Å²) in [6.07, 6.45) is 7.08. The van der Waals surface area contributed by atoms with E-state index in [4.69, 9.17) is 5.11 Å². The van der Waals surface area contributed by atoms with Crippen molar-refractivity contribution in [2.24, 2.45) is 5.92 Å². The molecule has 1 aliphatic heterocycles. The fourth-order valence-corrected chi connectivity index (χ4v) is 3.48. The van der Waals surface area contributed by atoms with E-state index in [1.807, 2.05) is 4.90 Å². The van der Waals surface area contributed by atoms with Crippen LogP contribution < -0.4 is 0 Å². The summed E-state index contributed by atoms with van der Waals surface area (Å²) in [7, 11) is 0. The molecule has 4 heteroatoms.